The lowest BCUT2D eigenvalue weighted by molar-refractivity contribution is -0.142. The quantitative estimate of drug-likeness (QED) is 0.222. The fourth-order valence-corrected chi connectivity index (χ4v) is 11.5. The van der Waals surface area contributed by atoms with Crippen LogP contribution in [0.15, 0.2) is 67.5 Å². The van der Waals surface area contributed by atoms with Crippen molar-refractivity contribution in [3.05, 3.63) is 73.1 Å². The zero-order chi connectivity index (χ0) is 43.7. The number of ether oxygens (including phenoxy) is 3. The first kappa shape index (κ1) is 42.8. The van der Waals surface area contributed by atoms with Crippen LogP contribution in [0.4, 0.5) is 4.79 Å². The van der Waals surface area contributed by atoms with Crippen LogP contribution in [0.2, 0.25) is 0 Å². The molecular formula is C46H57N7O9S. The van der Waals surface area contributed by atoms with Gasteiger partial charge in [0.2, 0.25) is 27.7 Å². The number of pyridine rings is 1. The van der Waals surface area contributed by atoms with E-state index in [9.17, 15) is 22.8 Å². The number of rotatable bonds is 11. The minimum atomic E-state index is -3.92. The van der Waals surface area contributed by atoms with E-state index in [2.05, 4.69) is 39.2 Å². The Balaban J connectivity index is 1.07. The third-order valence-electron chi connectivity index (χ3n) is 13.9. The highest BCUT2D eigenvalue weighted by Crippen LogP contribution is 2.46. The molecule has 4 heterocycles. The monoisotopic (exact) mass is 883 g/mol. The maximum absolute atomic E-state index is 15.1. The number of aromatic nitrogens is 3. The molecule has 63 heavy (non-hydrogen) atoms. The van der Waals surface area contributed by atoms with E-state index in [0.717, 1.165) is 55.9 Å². The zero-order valence-electron chi connectivity index (χ0n) is 35.5. The molecule has 0 spiro atoms. The van der Waals surface area contributed by atoms with Crippen molar-refractivity contribution in [2.24, 2.45) is 17.8 Å². The van der Waals surface area contributed by atoms with Gasteiger partial charge in [-0.3, -0.25) is 23.8 Å². The van der Waals surface area contributed by atoms with Crippen LogP contribution in [0, 0.1) is 17.8 Å². The molecule has 9 rings (SSSR count). The molecule has 2 aromatic heterocycles. The van der Waals surface area contributed by atoms with E-state index in [4.69, 9.17) is 19.2 Å². The van der Waals surface area contributed by atoms with Crippen LogP contribution < -0.4 is 24.8 Å². The normalized spacial score (nSPS) is 29.6. The number of carbonyl (C=O) groups is 4. The zero-order valence-corrected chi connectivity index (χ0v) is 36.3. The van der Waals surface area contributed by atoms with E-state index in [0.29, 0.717) is 62.4 Å². The molecule has 2 bridgehead atoms. The summed E-state index contributed by atoms with van der Waals surface area (Å²) < 4.78 is 49.3. The number of para-hydroxylation sites is 1. The highest BCUT2D eigenvalue weighted by Gasteiger charge is 2.62. The summed E-state index contributed by atoms with van der Waals surface area (Å²) in [6.07, 6.45) is 16.6. The molecule has 17 heteroatoms. The van der Waals surface area contributed by atoms with E-state index < -0.39 is 68.7 Å². The van der Waals surface area contributed by atoms with Crippen molar-refractivity contribution < 1.29 is 41.8 Å². The number of nitrogens with zero attached hydrogens (tertiary/aromatic N) is 4. The Morgan fingerprint density at radius 1 is 1.00 bits per heavy atom. The maximum atomic E-state index is 15.1. The summed E-state index contributed by atoms with van der Waals surface area (Å²) in [6.45, 7) is 4.64. The molecule has 4 amide bonds. The van der Waals surface area contributed by atoms with E-state index in [1.165, 1.54) is 11.0 Å². The summed E-state index contributed by atoms with van der Waals surface area (Å²) in [5, 5.41) is 10.3. The summed E-state index contributed by atoms with van der Waals surface area (Å²) in [5.41, 5.74) is -0.200. The van der Waals surface area contributed by atoms with Crippen LogP contribution in [0.5, 0.6) is 11.6 Å². The number of sulfonamides is 1. The summed E-state index contributed by atoms with van der Waals surface area (Å²) in [6, 6.07) is 7.42. The molecule has 16 nitrogen and oxygen atoms in total. The minimum absolute atomic E-state index is 0.0268. The Labute approximate surface area is 367 Å². The van der Waals surface area contributed by atoms with Crippen LogP contribution in [0.3, 0.4) is 0 Å². The van der Waals surface area contributed by atoms with Crippen molar-refractivity contribution in [1.29, 1.82) is 0 Å². The van der Waals surface area contributed by atoms with Crippen LogP contribution in [0.1, 0.15) is 89.0 Å². The Morgan fingerprint density at radius 3 is 2.57 bits per heavy atom. The van der Waals surface area contributed by atoms with Gasteiger partial charge in [-0.1, -0.05) is 43.2 Å². The molecule has 0 radical (unpaired) electrons. The van der Waals surface area contributed by atoms with Gasteiger partial charge in [0.25, 0.3) is 5.91 Å². The van der Waals surface area contributed by atoms with E-state index in [1.807, 2.05) is 36.5 Å². The molecule has 4 aliphatic carbocycles. The second-order valence-electron chi connectivity index (χ2n) is 18.1. The lowest BCUT2D eigenvalue weighted by Crippen LogP contribution is -2.59. The number of amides is 4. The molecule has 3 N–H and O–H groups in total. The Hall–Kier alpha value is -5.45. The fourth-order valence-electron chi connectivity index (χ4n) is 10.1. The number of hydrogen-bond acceptors (Lipinski definition) is 11. The summed E-state index contributed by atoms with van der Waals surface area (Å²) in [5.74, 6) is -1.52. The van der Waals surface area contributed by atoms with Crippen molar-refractivity contribution in [2.45, 2.75) is 132 Å². The summed E-state index contributed by atoms with van der Waals surface area (Å²) >= 11 is 0. The molecule has 0 unspecified atom stereocenters. The average molecular weight is 884 g/mol. The standard InChI is InChI=1S/C46H57N7O9S/c1-2-31-27-46(31,44(56)51-63(58,59)33-20-21-33)50-41(54)37-26-32-28-53(37)43(55)39(30-13-6-7-14-30)49-45(57)62-38-19-10-15-29(38)12-4-3-5-17-35-40(60-25-24-52-23-11-22-47-52)34-16-8-9-18-36(34)48-42(35)61-32/h2-3,5,8-9,11,16,18,22-23,29-33,37-39H,1,4,6-7,10,12-15,17,19-21,24-28H2,(H,49,57)(H,50,54)(H,51,56)/b5-3-/t29-,31-,32-,37+,38-,39+,46-/m1/s1. The third kappa shape index (κ3) is 9.16. The van der Waals surface area contributed by atoms with Crippen LogP contribution in [0.25, 0.3) is 10.9 Å². The SMILES string of the molecule is C=C[C@@H]1C[C@]1(NC(=O)[C@@H]1C[C@@H]2CN1C(=O)[C@H](C1CCCC1)NC(=O)O[C@@H]1CCC[C@H]1CC/C=C\Cc1c(nc3ccccc3c1OCCn1cccn1)O2)C(=O)NS(=O)(=O)C1CC1. The predicted octanol–water partition coefficient (Wildman–Crippen LogP) is 4.87. The second kappa shape index (κ2) is 18.0. The maximum Gasteiger partial charge on any atom is 0.408 e. The van der Waals surface area contributed by atoms with Crippen LogP contribution >= 0.6 is 0 Å². The molecule has 2 aliphatic heterocycles. The number of benzene rings is 1. The van der Waals surface area contributed by atoms with Crippen LogP contribution in [-0.2, 0) is 42.1 Å². The lowest BCUT2D eigenvalue weighted by atomic mass is 9.96. The molecule has 3 aromatic rings. The number of hydrogen-bond donors (Lipinski definition) is 3. The Morgan fingerprint density at radius 2 is 1.81 bits per heavy atom. The highest BCUT2D eigenvalue weighted by molar-refractivity contribution is 7.91. The van der Waals surface area contributed by atoms with Crippen molar-refractivity contribution >= 4 is 44.7 Å². The molecule has 4 saturated carbocycles. The van der Waals surface area contributed by atoms with E-state index in [-0.39, 0.29) is 37.3 Å². The average Bonchev–Trinajstić information content (AvgIpc) is 3.85. The molecule has 7 atom stereocenters. The van der Waals surface area contributed by atoms with Crippen molar-refractivity contribution in [1.82, 2.24) is 35.0 Å². The molecule has 5 fully saturated rings. The summed E-state index contributed by atoms with van der Waals surface area (Å²) in [7, 11) is -3.92. The number of carbonyl (C=O) groups excluding carboxylic acids is 4. The number of alkyl carbamates (subject to hydrolysis) is 1. The third-order valence-corrected chi connectivity index (χ3v) is 15.7. The second-order valence-corrected chi connectivity index (χ2v) is 20.0. The van der Waals surface area contributed by atoms with Gasteiger partial charge in [-0.25, -0.2) is 18.2 Å². The van der Waals surface area contributed by atoms with Crippen molar-refractivity contribution in [3.8, 4) is 11.6 Å². The number of fused-ring (bicyclic) bond motifs is 5. The van der Waals surface area contributed by atoms with Gasteiger partial charge in [-0.05, 0) is 101 Å². The topological polar surface area (TPSA) is 200 Å². The fraction of sp³-hybridized carbons (Fsp3) is 0.565. The van der Waals surface area contributed by atoms with Gasteiger partial charge >= 0.3 is 6.09 Å². The first-order valence-corrected chi connectivity index (χ1v) is 24.2. The molecule has 336 valence electrons. The molecule has 1 saturated heterocycles. The van der Waals surface area contributed by atoms with Gasteiger partial charge in [-0.15, -0.1) is 6.58 Å². The first-order valence-electron chi connectivity index (χ1n) is 22.6. The summed E-state index contributed by atoms with van der Waals surface area (Å²) in [4.78, 5) is 63.7. The van der Waals surface area contributed by atoms with Gasteiger partial charge in [-0.2, -0.15) is 5.10 Å². The van der Waals surface area contributed by atoms with Gasteiger partial charge in [0, 0.05) is 30.1 Å². The van der Waals surface area contributed by atoms with Crippen molar-refractivity contribution in [3.63, 3.8) is 0 Å². The van der Waals surface area contributed by atoms with Gasteiger partial charge in [0.05, 0.1) is 29.4 Å². The molecule has 1 aromatic carbocycles. The predicted molar refractivity (Wildman–Crippen MR) is 232 cm³/mol. The Kier molecular flexibility index (Phi) is 12.2. The first-order chi connectivity index (χ1) is 30.5. The van der Waals surface area contributed by atoms with Crippen molar-refractivity contribution in [2.75, 3.05) is 13.2 Å². The highest BCUT2D eigenvalue weighted by atomic mass is 32.2. The number of allylic oxidation sites excluding steroid dienone is 2. The van der Waals surface area contributed by atoms with Crippen LogP contribution in [-0.4, -0.2) is 100 Å². The van der Waals surface area contributed by atoms with Gasteiger partial charge < -0.3 is 29.7 Å². The van der Waals surface area contributed by atoms with E-state index in [1.54, 1.807) is 10.9 Å². The minimum Gasteiger partial charge on any atom is -0.490 e. The van der Waals surface area contributed by atoms with Gasteiger partial charge in [0.1, 0.15) is 42.2 Å². The number of nitrogens with one attached hydrogen (secondary N) is 3. The lowest BCUT2D eigenvalue weighted by Gasteiger charge is -2.32. The molecule has 6 aliphatic rings. The van der Waals surface area contributed by atoms with E-state index >= 15 is 4.79 Å². The largest absolute Gasteiger partial charge is 0.490 e. The molecular weight excluding hydrogens is 827 g/mol. The smallest absolute Gasteiger partial charge is 0.408 e. The Bertz CT molecular complexity index is 2360. The van der Waals surface area contributed by atoms with Gasteiger partial charge in [0.15, 0.2) is 0 Å².